The van der Waals surface area contributed by atoms with Gasteiger partial charge in [-0.1, -0.05) is 0 Å². The Hall–Kier alpha value is -1.98. The fraction of sp³-hybridized carbons (Fsp3) is 0.200. The molecule has 0 aromatic heterocycles. The number of halogens is 2. The van der Waals surface area contributed by atoms with E-state index in [-0.39, 0.29) is 5.56 Å². The fourth-order valence-electron chi connectivity index (χ4n) is 1.16. The van der Waals surface area contributed by atoms with Crippen LogP contribution in [0.15, 0.2) is 12.1 Å². The van der Waals surface area contributed by atoms with Gasteiger partial charge in [0.25, 0.3) is 0 Å². The van der Waals surface area contributed by atoms with Gasteiger partial charge in [-0.2, -0.15) is 0 Å². The molecule has 0 aliphatic rings. The Bertz CT molecular complexity index is 419. The van der Waals surface area contributed by atoms with Crippen LogP contribution >= 0.6 is 0 Å². The van der Waals surface area contributed by atoms with Crippen molar-refractivity contribution in [3.8, 4) is 0 Å². The fourth-order valence-corrected chi connectivity index (χ4v) is 1.16. The highest BCUT2D eigenvalue weighted by Gasteiger charge is 2.17. The Morgan fingerprint density at radius 3 is 2.19 bits per heavy atom. The molecule has 0 spiro atoms. The van der Waals surface area contributed by atoms with Crippen molar-refractivity contribution in [3.63, 3.8) is 0 Å². The summed E-state index contributed by atoms with van der Waals surface area (Å²) >= 11 is 0. The lowest BCUT2D eigenvalue weighted by Crippen LogP contribution is -2.09. The average molecular weight is 230 g/mol. The average Bonchev–Trinajstić information content (AvgIpc) is 2.21. The number of aliphatic carboxylic acids is 1. The van der Waals surface area contributed by atoms with Crippen molar-refractivity contribution >= 4 is 11.9 Å². The highest BCUT2D eigenvalue weighted by atomic mass is 19.1. The lowest BCUT2D eigenvalue weighted by molar-refractivity contribution is -0.136. The van der Waals surface area contributed by atoms with Gasteiger partial charge >= 0.3 is 11.9 Å². The third-order valence-electron chi connectivity index (χ3n) is 1.89. The number of benzene rings is 1. The van der Waals surface area contributed by atoms with Gasteiger partial charge in [0, 0.05) is 5.56 Å². The molecule has 0 heterocycles. The number of carbonyl (C=O) groups excluding carboxylic acids is 1. The summed E-state index contributed by atoms with van der Waals surface area (Å²) in [4.78, 5) is 21.3. The second-order valence-electron chi connectivity index (χ2n) is 2.98. The molecule has 0 aliphatic heterocycles. The van der Waals surface area contributed by atoms with Gasteiger partial charge in [-0.05, 0) is 12.1 Å². The summed E-state index contributed by atoms with van der Waals surface area (Å²) in [5.74, 6) is -4.41. The molecular formula is C10H8F2O4. The maximum absolute atomic E-state index is 13.3. The van der Waals surface area contributed by atoms with Crippen LogP contribution in [0.2, 0.25) is 0 Å². The first kappa shape index (κ1) is 12.1. The Labute approximate surface area is 89.5 Å². The highest BCUT2D eigenvalue weighted by Crippen LogP contribution is 2.16. The zero-order chi connectivity index (χ0) is 12.3. The molecule has 0 fully saturated rings. The molecule has 0 bridgehead atoms. The van der Waals surface area contributed by atoms with E-state index in [2.05, 4.69) is 4.74 Å². The molecule has 86 valence electrons. The zero-order valence-electron chi connectivity index (χ0n) is 8.29. The quantitative estimate of drug-likeness (QED) is 0.796. The lowest BCUT2D eigenvalue weighted by atomic mass is 10.1. The second-order valence-corrected chi connectivity index (χ2v) is 2.98. The highest BCUT2D eigenvalue weighted by molar-refractivity contribution is 5.89. The minimum atomic E-state index is -1.36. The molecule has 4 nitrogen and oxygen atoms in total. The summed E-state index contributed by atoms with van der Waals surface area (Å²) in [6.45, 7) is 0. The summed E-state index contributed by atoms with van der Waals surface area (Å²) in [5, 5.41) is 8.42. The molecule has 0 radical (unpaired) electrons. The monoisotopic (exact) mass is 230 g/mol. The molecule has 16 heavy (non-hydrogen) atoms. The molecule has 0 saturated heterocycles. The molecule has 1 aromatic carbocycles. The van der Waals surface area contributed by atoms with Gasteiger partial charge in [-0.15, -0.1) is 0 Å². The third kappa shape index (κ3) is 2.53. The second kappa shape index (κ2) is 4.69. The Kier molecular flexibility index (Phi) is 3.55. The van der Waals surface area contributed by atoms with E-state index in [9.17, 15) is 18.4 Å². The molecule has 1 rings (SSSR count). The van der Waals surface area contributed by atoms with E-state index in [1.807, 2.05) is 0 Å². The summed E-state index contributed by atoms with van der Waals surface area (Å²) in [6.07, 6.45) is -0.779. The van der Waals surface area contributed by atoms with Gasteiger partial charge in [0.15, 0.2) is 0 Å². The van der Waals surface area contributed by atoms with Gasteiger partial charge in [0.05, 0.1) is 19.1 Å². The zero-order valence-corrected chi connectivity index (χ0v) is 8.29. The van der Waals surface area contributed by atoms with Gasteiger partial charge in [-0.3, -0.25) is 4.79 Å². The molecule has 1 N–H and O–H groups in total. The number of carboxylic acids is 1. The predicted molar refractivity (Wildman–Crippen MR) is 49.0 cm³/mol. The van der Waals surface area contributed by atoms with E-state index < -0.39 is 35.6 Å². The summed E-state index contributed by atoms with van der Waals surface area (Å²) in [7, 11) is 1.07. The summed E-state index contributed by atoms with van der Waals surface area (Å²) in [5.41, 5.74) is -0.883. The normalized spacial score (nSPS) is 9.94. The molecule has 1 aromatic rings. The first-order chi connectivity index (χ1) is 7.45. The molecule has 0 unspecified atom stereocenters. The number of rotatable bonds is 3. The Morgan fingerprint density at radius 2 is 1.81 bits per heavy atom. The van der Waals surface area contributed by atoms with E-state index >= 15 is 0 Å². The van der Waals surface area contributed by atoms with Crippen molar-refractivity contribution in [2.45, 2.75) is 6.42 Å². The van der Waals surface area contributed by atoms with Gasteiger partial charge < -0.3 is 9.84 Å². The van der Waals surface area contributed by atoms with Crippen molar-refractivity contribution < 1.29 is 28.2 Å². The van der Waals surface area contributed by atoms with Crippen LogP contribution in [0.1, 0.15) is 15.9 Å². The number of ether oxygens (including phenoxy) is 1. The number of esters is 1. The number of hydrogen-bond acceptors (Lipinski definition) is 3. The minimum Gasteiger partial charge on any atom is -0.481 e. The Balaban J connectivity index is 3.17. The smallest absolute Gasteiger partial charge is 0.338 e. The van der Waals surface area contributed by atoms with E-state index in [4.69, 9.17) is 5.11 Å². The Morgan fingerprint density at radius 1 is 1.31 bits per heavy atom. The standard InChI is InChI=1S/C10H8F2O4/c1-16-10(15)5-2-7(11)6(4-9(13)14)8(12)3-5/h2-3H,4H2,1H3,(H,13,14). The maximum atomic E-state index is 13.3. The molecule has 6 heteroatoms. The van der Waals surface area contributed by atoms with Crippen LogP contribution in [-0.2, 0) is 16.0 Å². The summed E-state index contributed by atoms with van der Waals surface area (Å²) in [6, 6.07) is 1.49. The van der Waals surface area contributed by atoms with Crippen molar-refractivity contribution in [2.75, 3.05) is 7.11 Å². The molecular weight excluding hydrogens is 222 g/mol. The predicted octanol–water partition coefficient (Wildman–Crippen LogP) is 1.38. The van der Waals surface area contributed by atoms with Crippen LogP contribution in [0.5, 0.6) is 0 Å². The van der Waals surface area contributed by atoms with Crippen LogP contribution in [-0.4, -0.2) is 24.2 Å². The minimum absolute atomic E-state index is 0.299. The topological polar surface area (TPSA) is 63.6 Å². The van der Waals surface area contributed by atoms with E-state index in [0.717, 1.165) is 19.2 Å². The number of carbonyl (C=O) groups is 2. The van der Waals surface area contributed by atoms with E-state index in [1.54, 1.807) is 0 Å². The van der Waals surface area contributed by atoms with Crippen LogP contribution in [0, 0.1) is 11.6 Å². The van der Waals surface area contributed by atoms with Crippen molar-refractivity contribution in [2.24, 2.45) is 0 Å². The van der Waals surface area contributed by atoms with Crippen molar-refractivity contribution in [1.29, 1.82) is 0 Å². The van der Waals surface area contributed by atoms with Gasteiger partial charge in [-0.25, -0.2) is 13.6 Å². The number of hydrogen-bond donors (Lipinski definition) is 1. The first-order valence-corrected chi connectivity index (χ1v) is 4.23. The lowest BCUT2D eigenvalue weighted by Gasteiger charge is -2.05. The number of carboxylic acid groups (broad SMARTS) is 1. The van der Waals surface area contributed by atoms with Crippen LogP contribution in [0.3, 0.4) is 0 Å². The van der Waals surface area contributed by atoms with E-state index in [0.29, 0.717) is 0 Å². The number of methoxy groups -OCH3 is 1. The van der Waals surface area contributed by atoms with E-state index in [1.165, 1.54) is 0 Å². The van der Waals surface area contributed by atoms with Gasteiger partial charge in [0.2, 0.25) is 0 Å². The van der Waals surface area contributed by atoms with Crippen LogP contribution in [0.25, 0.3) is 0 Å². The largest absolute Gasteiger partial charge is 0.481 e. The van der Waals surface area contributed by atoms with Gasteiger partial charge in [0.1, 0.15) is 11.6 Å². The van der Waals surface area contributed by atoms with Crippen molar-refractivity contribution in [1.82, 2.24) is 0 Å². The molecule has 0 saturated carbocycles. The molecule has 0 aliphatic carbocycles. The third-order valence-corrected chi connectivity index (χ3v) is 1.89. The molecule has 0 amide bonds. The van der Waals surface area contributed by atoms with Crippen LogP contribution < -0.4 is 0 Å². The summed E-state index contributed by atoms with van der Waals surface area (Å²) < 4.78 is 30.8. The SMILES string of the molecule is COC(=O)c1cc(F)c(CC(=O)O)c(F)c1. The van der Waals surface area contributed by atoms with Crippen LogP contribution in [0.4, 0.5) is 8.78 Å². The maximum Gasteiger partial charge on any atom is 0.338 e. The van der Waals surface area contributed by atoms with Crippen molar-refractivity contribution in [3.05, 3.63) is 34.9 Å². The molecule has 0 atom stereocenters. The first-order valence-electron chi connectivity index (χ1n) is 4.23.